The number of aliphatic hydroxyl groups excluding tert-OH is 3. The highest BCUT2D eigenvalue weighted by Gasteiger charge is 2.40. The number of hydrogen-bond donors (Lipinski definition) is 3. The van der Waals surface area contributed by atoms with Crippen molar-refractivity contribution in [2.75, 3.05) is 31.1 Å². The molecule has 6 nitrogen and oxygen atoms in total. The fourth-order valence-corrected chi connectivity index (χ4v) is 3.57. The minimum absolute atomic E-state index is 0.133. The molecule has 2 fully saturated rings. The van der Waals surface area contributed by atoms with Crippen LogP contribution in [0.1, 0.15) is 13.3 Å². The number of nitrogens with zero attached hydrogens (tertiary/aromatic N) is 3. The average molecular weight is 307 g/mol. The number of rotatable bonds is 3. The Morgan fingerprint density at radius 1 is 1.23 bits per heavy atom. The molecular formula is C16H25N3O3. The first-order valence-electron chi connectivity index (χ1n) is 7.99. The van der Waals surface area contributed by atoms with Gasteiger partial charge >= 0.3 is 0 Å². The largest absolute Gasteiger partial charge is 0.389 e. The number of pyridine rings is 1. The standard InChI is InChI=1S/C16H25N3O3/c1-11-15(21)16(22)14(20)10-19(11)9-12-4-6-18(8-12)13-3-2-5-17-7-13/h2-3,5,7,11-12,14-16,20-22H,4,6,8-10H2,1H3/t11-,12?,14+,15-,16-/m1/s1. The van der Waals surface area contributed by atoms with E-state index in [1.165, 1.54) is 0 Å². The molecule has 1 aromatic heterocycles. The molecule has 3 N–H and O–H groups in total. The van der Waals surface area contributed by atoms with Crippen LogP contribution in [0.2, 0.25) is 0 Å². The van der Waals surface area contributed by atoms with Crippen LogP contribution in [-0.2, 0) is 0 Å². The lowest BCUT2D eigenvalue weighted by Crippen LogP contribution is -2.60. The quantitative estimate of drug-likeness (QED) is 0.711. The van der Waals surface area contributed by atoms with E-state index in [9.17, 15) is 15.3 Å². The normalized spacial score (nSPS) is 36.7. The van der Waals surface area contributed by atoms with Gasteiger partial charge in [0.15, 0.2) is 0 Å². The molecule has 5 atom stereocenters. The van der Waals surface area contributed by atoms with Crippen LogP contribution in [-0.4, -0.2) is 75.7 Å². The lowest BCUT2D eigenvalue weighted by Gasteiger charge is -2.43. The van der Waals surface area contributed by atoms with Gasteiger partial charge in [-0.3, -0.25) is 9.88 Å². The highest BCUT2D eigenvalue weighted by Crippen LogP contribution is 2.26. The van der Waals surface area contributed by atoms with Gasteiger partial charge in [0.2, 0.25) is 0 Å². The van der Waals surface area contributed by atoms with Crippen LogP contribution in [0.5, 0.6) is 0 Å². The van der Waals surface area contributed by atoms with Crippen molar-refractivity contribution in [3.05, 3.63) is 24.5 Å². The summed E-state index contributed by atoms with van der Waals surface area (Å²) in [5.41, 5.74) is 1.15. The first kappa shape index (κ1) is 15.7. The van der Waals surface area contributed by atoms with Crippen molar-refractivity contribution in [1.82, 2.24) is 9.88 Å². The van der Waals surface area contributed by atoms with Crippen molar-refractivity contribution in [1.29, 1.82) is 0 Å². The van der Waals surface area contributed by atoms with E-state index in [4.69, 9.17) is 0 Å². The van der Waals surface area contributed by atoms with Crippen molar-refractivity contribution in [2.24, 2.45) is 5.92 Å². The fourth-order valence-electron chi connectivity index (χ4n) is 3.57. The molecule has 122 valence electrons. The maximum absolute atomic E-state index is 10.0. The molecule has 6 heteroatoms. The third-order valence-electron chi connectivity index (χ3n) is 5.03. The van der Waals surface area contributed by atoms with E-state index in [0.717, 1.165) is 31.7 Å². The van der Waals surface area contributed by atoms with Crippen molar-refractivity contribution in [2.45, 2.75) is 37.7 Å². The van der Waals surface area contributed by atoms with Crippen LogP contribution >= 0.6 is 0 Å². The summed E-state index contributed by atoms with van der Waals surface area (Å²) in [6.07, 6.45) is 1.95. The minimum Gasteiger partial charge on any atom is -0.389 e. The monoisotopic (exact) mass is 307 g/mol. The summed E-state index contributed by atoms with van der Waals surface area (Å²) in [6, 6.07) is 3.89. The zero-order valence-electron chi connectivity index (χ0n) is 12.9. The topological polar surface area (TPSA) is 80.1 Å². The van der Waals surface area contributed by atoms with Gasteiger partial charge in [0.25, 0.3) is 0 Å². The van der Waals surface area contributed by atoms with E-state index in [1.807, 2.05) is 19.2 Å². The summed E-state index contributed by atoms with van der Waals surface area (Å²) in [6.45, 7) is 5.13. The van der Waals surface area contributed by atoms with E-state index in [2.05, 4.69) is 20.9 Å². The van der Waals surface area contributed by atoms with Crippen molar-refractivity contribution >= 4 is 5.69 Å². The van der Waals surface area contributed by atoms with Crippen LogP contribution in [0.4, 0.5) is 5.69 Å². The minimum atomic E-state index is -1.04. The molecule has 3 heterocycles. The predicted octanol–water partition coefficient (Wildman–Crippen LogP) is -0.305. The second kappa shape index (κ2) is 6.50. The van der Waals surface area contributed by atoms with Gasteiger partial charge in [-0.05, 0) is 31.4 Å². The number of β-amino-alcohol motifs (C(OH)–C–C–N with tert-alkyl or cyclic N) is 1. The Bertz CT molecular complexity index is 487. The van der Waals surface area contributed by atoms with E-state index >= 15 is 0 Å². The molecule has 0 amide bonds. The molecule has 0 spiro atoms. The Morgan fingerprint density at radius 2 is 2.05 bits per heavy atom. The SMILES string of the molecule is C[C@@H]1[C@@H](O)[C@H](O)[C@@H](O)CN1CC1CCN(c2cccnc2)C1. The van der Waals surface area contributed by atoms with Gasteiger partial charge in [-0.1, -0.05) is 0 Å². The molecule has 1 aromatic rings. The summed E-state index contributed by atoms with van der Waals surface area (Å²) in [5, 5.41) is 29.6. The van der Waals surface area contributed by atoms with E-state index < -0.39 is 18.3 Å². The zero-order chi connectivity index (χ0) is 15.7. The van der Waals surface area contributed by atoms with Gasteiger partial charge < -0.3 is 20.2 Å². The Hall–Kier alpha value is -1.21. The summed E-state index contributed by atoms with van der Waals surface area (Å²) in [4.78, 5) is 8.59. The zero-order valence-corrected chi connectivity index (χ0v) is 12.9. The highest BCUT2D eigenvalue weighted by molar-refractivity contribution is 5.44. The second-order valence-corrected chi connectivity index (χ2v) is 6.55. The number of hydrogen-bond acceptors (Lipinski definition) is 6. The lowest BCUT2D eigenvalue weighted by molar-refractivity contribution is -0.134. The Kier molecular flexibility index (Phi) is 4.63. The summed E-state index contributed by atoms with van der Waals surface area (Å²) in [7, 11) is 0. The third-order valence-corrected chi connectivity index (χ3v) is 5.03. The molecule has 2 aliphatic heterocycles. The average Bonchev–Trinajstić information content (AvgIpc) is 3.00. The van der Waals surface area contributed by atoms with Gasteiger partial charge in [-0.15, -0.1) is 0 Å². The Labute approximate surface area is 131 Å². The Morgan fingerprint density at radius 3 is 2.77 bits per heavy atom. The number of aliphatic hydroxyl groups is 3. The molecule has 0 saturated carbocycles. The molecule has 0 bridgehead atoms. The fraction of sp³-hybridized carbons (Fsp3) is 0.688. The first-order chi connectivity index (χ1) is 10.6. The molecule has 0 aromatic carbocycles. The van der Waals surface area contributed by atoms with Crippen LogP contribution in [0.25, 0.3) is 0 Å². The maximum atomic E-state index is 10.0. The van der Waals surface area contributed by atoms with Crippen LogP contribution in [0.3, 0.4) is 0 Å². The summed E-state index contributed by atoms with van der Waals surface area (Å²) >= 11 is 0. The van der Waals surface area contributed by atoms with Gasteiger partial charge in [0.1, 0.15) is 6.10 Å². The van der Waals surface area contributed by atoms with Crippen LogP contribution in [0, 0.1) is 5.92 Å². The van der Waals surface area contributed by atoms with E-state index in [0.29, 0.717) is 12.5 Å². The number of piperidine rings is 1. The van der Waals surface area contributed by atoms with E-state index in [-0.39, 0.29) is 6.04 Å². The molecule has 2 saturated heterocycles. The van der Waals surface area contributed by atoms with Crippen LogP contribution in [0.15, 0.2) is 24.5 Å². The molecule has 0 radical (unpaired) electrons. The maximum Gasteiger partial charge on any atom is 0.108 e. The van der Waals surface area contributed by atoms with Crippen LogP contribution < -0.4 is 4.90 Å². The smallest absolute Gasteiger partial charge is 0.108 e. The van der Waals surface area contributed by atoms with Gasteiger partial charge in [-0.2, -0.15) is 0 Å². The van der Waals surface area contributed by atoms with E-state index in [1.54, 1.807) is 6.20 Å². The van der Waals surface area contributed by atoms with Gasteiger partial charge in [-0.25, -0.2) is 0 Å². The Balaban J connectivity index is 1.58. The molecule has 0 aliphatic carbocycles. The number of aromatic nitrogens is 1. The van der Waals surface area contributed by atoms with Crippen molar-refractivity contribution in [3.63, 3.8) is 0 Å². The van der Waals surface area contributed by atoms with Crippen molar-refractivity contribution < 1.29 is 15.3 Å². The molecule has 2 aliphatic rings. The number of likely N-dealkylation sites (tertiary alicyclic amines) is 1. The third kappa shape index (κ3) is 3.10. The summed E-state index contributed by atoms with van der Waals surface area (Å²) < 4.78 is 0. The van der Waals surface area contributed by atoms with Crippen molar-refractivity contribution in [3.8, 4) is 0 Å². The predicted molar refractivity (Wildman–Crippen MR) is 83.6 cm³/mol. The highest BCUT2D eigenvalue weighted by atomic mass is 16.4. The lowest BCUT2D eigenvalue weighted by atomic mass is 9.93. The molecule has 1 unspecified atom stereocenters. The molecular weight excluding hydrogens is 282 g/mol. The second-order valence-electron chi connectivity index (χ2n) is 6.55. The molecule has 3 rings (SSSR count). The first-order valence-corrected chi connectivity index (χ1v) is 7.99. The van der Waals surface area contributed by atoms with Gasteiger partial charge in [0.05, 0.1) is 24.1 Å². The summed E-state index contributed by atoms with van der Waals surface area (Å²) in [5.74, 6) is 0.497. The molecule has 22 heavy (non-hydrogen) atoms. The van der Waals surface area contributed by atoms with Gasteiger partial charge in [0, 0.05) is 38.4 Å². The number of anilines is 1.